The van der Waals surface area contributed by atoms with Crippen molar-refractivity contribution in [3.05, 3.63) is 108 Å². The Kier molecular flexibility index (Phi) is 6.17. The molecule has 2 fully saturated rings. The Morgan fingerprint density at radius 2 is 1.64 bits per heavy atom. The van der Waals surface area contributed by atoms with Gasteiger partial charge in [-0.1, -0.05) is 24.3 Å². The van der Waals surface area contributed by atoms with Crippen LogP contribution in [0.25, 0.3) is 5.69 Å². The van der Waals surface area contributed by atoms with Crippen LogP contribution in [-0.4, -0.2) is 41.0 Å². The zero-order valence-corrected chi connectivity index (χ0v) is 21.1. The molecule has 182 valence electrons. The minimum atomic E-state index is -0.0877. The molecule has 2 aliphatic rings. The van der Waals surface area contributed by atoms with Crippen molar-refractivity contribution in [2.24, 2.45) is 0 Å². The fraction of sp³-hybridized carbons (Fsp3) is 0.241. The van der Waals surface area contributed by atoms with E-state index in [9.17, 15) is 0 Å². The molecule has 7 heteroatoms. The van der Waals surface area contributed by atoms with E-state index < -0.39 is 0 Å². The van der Waals surface area contributed by atoms with Gasteiger partial charge in [0.05, 0.1) is 24.9 Å². The van der Waals surface area contributed by atoms with Crippen LogP contribution in [0.15, 0.2) is 91.3 Å². The van der Waals surface area contributed by atoms with E-state index in [0.29, 0.717) is 5.11 Å². The second-order valence-electron chi connectivity index (χ2n) is 9.20. The molecule has 2 atom stereocenters. The molecule has 0 bridgehead atoms. The fourth-order valence-electron chi connectivity index (χ4n) is 5.27. The van der Waals surface area contributed by atoms with Crippen molar-refractivity contribution in [2.45, 2.75) is 19.0 Å². The molecule has 4 aromatic rings. The molecule has 1 N–H and O–H groups in total. The molecule has 6 nitrogen and oxygen atoms in total. The van der Waals surface area contributed by atoms with Crippen molar-refractivity contribution >= 4 is 28.7 Å². The third kappa shape index (κ3) is 4.14. The lowest BCUT2D eigenvalue weighted by Crippen LogP contribution is -2.36. The summed E-state index contributed by atoms with van der Waals surface area (Å²) in [5.74, 6) is 0. The van der Waals surface area contributed by atoms with Crippen LogP contribution in [0.3, 0.4) is 0 Å². The monoisotopic (exact) mass is 495 g/mol. The molecular weight excluding hydrogens is 466 g/mol. The van der Waals surface area contributed by atoms with Gasteiger partial charge >= 0.3 is 0 Å². The first-order chi connectivity index (χ1) is 17.7. The van der Waals surface area contributed by atoms with Crippen LogP contribution in [0, 0.1) is 6.92 Å². The normalized spacial score (nSPS) is 20.0. The third-order valence-corrected chi connectivity index (χ3v) is 7.38. The maximum absolute atomic E-state index is 5.95. The van der Waals surface area contributed by atoms with E-state index in [2.05, 4.69) is 99.5 Å². The lowest BCUT2D eigenvalue weighted by Gasteiger charge is -2.31. The van der Waals surface area contributed by atoms with Crippen molar-refractivity contribution in [3.8, 4) is 5.69 Å². The highest BCUT2D eigenvalue weighted by Crippen LogP contribution is 2.42. The van der Waals surface area contributed by atoms with Crippen LogP contribution in [0.1, 0.15) is 29.0 Å². The second-order valence-corrected chi connectivity index (χ2v) is 9.59. The average molecular weight is 496 g/mol. The van der Waals surface area contributed by atoms with Gasteiger partial charge < -0.3 is 24.4 Å². The molecule has 0 spiro atoms. The maximum atomic E-state index is 5.95. The molecule has 0 aliphatic carbocycles. The molecule has 0 radical (unpaired) electrons. The van der Waals surface area contributed by atoms with Gasteiger partial charge in [-0.3, -0.25) is 4.98 Å². The Bertz CT molecular complexity index is 1350. The Morgan fingerprint density at radius 1 is 0.889 bits per heavy atom. The van der Waals surface area contributed by atoms with Crippen molar-refractivity contribution < 1.29 is 4.74 Å². The molecule has 2 aliphatic heterocycles. The number of hydrogen-bond acceptors (Lipinski definition) is 4. The highest BCUT2D eigenvalue weighted by Gasteiger charge is 2.42. The molecule has 0 amide bonds. The average Bonchev–Trinajstić information content (AvgIpc) is 3.54. The Balaban J connectivity index is 1.43. The van der Waals surface area contributed by atoms with Gasteiger partial charge in [0.1, 0.15) is 6.04 Å². The highest BCUT2D eigenvalue weighted by atomic mass is 32.1. The van der Waals surface area contributed by atoms with Gasteiger partial charge in [0.2, 0.25) is 0 Å². The molecule has 36 heavy (non-hydrogen) atoms. The number of morpholine rings is 1. The topological polar surface area (TPSA) is 45.6 Å². The van der Waals surface area contributed by atoms with Gasteiger partial charge in [0, 0.05) is 48.2 Å². The summed E-state index contributed by atoms with van der Waals surface area (Å²) in [4.78, 5) is 9.31. The van der Waals surface area contributed by atoms with Crippen LogP contribution in [0.5, 0.6) is 0 Å². The summed E-state index contributed by atoms with van der Waals surface area (Å²) in [7, 11) is 0. The number of hydrogen-bond donors (Lipinski definition) is 1. The number of benzene rings is 2. The number of rotatable bonds is 5. The number of pyridine rings is 1. The minimum absolute atomic E-state index is 0.0729. The third-order valence-electron chi connectivity index (χ3n) is 7.06. The summed E-state index contributed by atoms with van der Waals surface area (Å²) in [5.41, 5.74) is 6.78. The summed E-state index contributed by atoms with van der Waals surface area (Å²) in [6.07, 6.45) is 3.98. The molecule has 2 saturated heterocycles. The Morgan fingerprint density at radius 3 is 2.39 bits per heavy atom. The predicted molar refractivity (Wildman–Crippen MR) is 148 cm³/mol. The molecule has 2 aromatic heterocycles. The van der Waals surface area contributed by atoms with Gasteiger partial charge in [-0.25, -0.2) is 0 Å². The summed E-state index contributed by atoms with van der Waals surface area (Å²) in [5, 5.41) is 4.28. The molecule has 6 rings (SSSR count). The molecule has 4 heterocycles. The van der Waals surface area contributed by atoms with Gasteiger partial charge in [-0.05, 0) is 79.3 Å². The summed E-state index contributed by atoms with van der Waals surface area (Å²) in [6, 6.07) is 27.4. The van der Waals surface area contributed by atoms with Crippen LogP contribution in [0.2, 0.25) is 0 Å². The Hall–Kier alpha value is -3.68. The van der Waals surface area contributed by atoms with E-state index in [0.717, 1.165) is 49.1 Å². The number of nitrogens with zero attached hydrogens (tertiary/aromatic N) is 4. The van der Waals surface area contributed by atoms with Crippen LogP contribution in [0.4, 0.5) is 11.4 Å². The number of ether oxygens (including phenoxy) is 1. The SMILES string of the molecule is Cc1ccccc1-n1cccc1C1C(c2ccccn2)NC(=S)N1c1ccc(N2CCOCC2)cc1. The number of para-hydroxylation sites is 1. The molecular formula is C29H29N5OS. The first-order valence-corrected chi connectivity index (χ1v) is 12.8. The highest BCUT2D eigenvalue weighted by molar-refractivity contribution is 7.80. The van der Waals surface area contributed by atoms with Crippen LogP contribution >= 0.6 is 12.2 Å². The second kappa shape index (κ2) is 9.76. The number of aromatic nitrogens is 2. The van der Waals surface area contributed by atoms with Gasteiger partial charge in [-0.15, -0.1) is 0 Å². The zero-order valence-electron chi connectivity index (χ0n) is 20.2. The summed E-state index contributed by atoms with van der Waals surface area (Å²) in [6.45, 7) is 5.51. The largest absolute Gasteiger partial charge is 0.378 e. The Labute approximate surface area is 217 Å². The summed E-state index contributed by atoms with van der Waals surface area (Å²) < 4.78 is 7.80. The van der Waals surface area contributed by atoms with E-state index in [1.54, 1.807) is 0 Å². The number of anilines is 2. The quantitative estimate of drug-likeness (QED) is 0.384. The maximum Gasteiger partial charge on any atom is 0.174 e. The summed E-state index contributed by atoms with van der Waals surface area (Å²) >= 11 is 5.95. The molecule has 0 saturated carbocycles. The van der Waals surface area contributed by atoms with E-state index >= 15 is 0 Å². The van der Waals surface area contributed by atoms with E-state index in [-0.39, 0.29) is 12.1 Å². The minimum Gasteiger partial charge on any atom is -0.378 e. The fourth-order valence-corrected chi connectivity index (χ4v) is 5.61. The first kappa shape index (κ1) is 22.8. The van der Waals surface area contributed by atoms with Gasteiger partial charge in [0.25, 0.3) is 0 Å². The van der Waals surface area contributed by atoms with E-state index in [1.807, 2.05) is 18.3 Å². The van der Waals surface area contributed by atoms with Crippen molar-refractivity contribution in [1.82, 2.24) is 14.9 Å². The van der Waals surface area contributed by atoms with Gasteiger partial charge in [-0.2, -0.15) is 0 Å². The number of thiocarbonyl (C=S) groups is 1. The van der Waals surface area contributed by atoms with E-state index in [4.69, 9.17) is 21.9 Å². The van der Waals surface area contributed by atoms with Crippen molar-refractivity contribution in [1.29, 1.82) is 0 Å². The zero-order chi connectivity index (χ0) is 24.5. The number of nitrogens with one attached hydrogen (secondary N) is 1. The molecule has 2 aromatic carbocycles. The number of aryl methyl sites for hydroxylation is 1. The predicted octanol–water partition coefficient (Wildman–Crippen LogP) is 5.19. The lowest BCUT2D eigenvalue weighted by molar-refractivity contribution is 0.122. The lowest BCUT2D eigenvalue weighted by atomic mass is 10.0. The van der Waals surface area contributed by atoms with Crippen LogP contribution < -0.4 is 15.1 Å². The standard InChI is InChI=1S/C29H29N5OS/c1-21-7-2-3-9-25(21)33-16-6-10-26(33)28-27(24-8-4-5-15-30-24)31-29(36)34(28)23-13-11-22(12-14-23)32-17-19-35-20-18-32/h2-16,27-28H,17-20H2,1H3,(H,31,36). The molecule has 2 unspecified atom stereocenters. The smallest absolute Gasteiger partial charge is 0.174 e. The van der Waals surface area contributed by atoms with Crippen molar-refractivity contribution in [3.63, 3.8) is 0 Å². The van der Waals surface area contributed by atoms with E-state index in [1.165, 1.54) is 11.3 Å². The van der Waals surface area contributed by atoms with Crippen molar-refractivity contribution in [2.75, 3.05) is 36.1 Å². The van der Waals surface area contributed by atoms with Crippen LogP contribution in [-0.2, 0) is 4.74 Å². The first-order valence-electron chi connectivity index (χ1n) is 12.4. The van der Waals surface area contributed by atoms with Gasteiger partial charge in [0.15, 0.2) is 5.11 Å².